The molecule has 1 aromatic carbocycles. The molecule has 2 aliphatic carbocycles. The van der Waals surface area contributed by atoms with Gasteiger partial charge in [0.25, 0.3) is 5.91 Å². The molecule has 1 aliphatic heterocycles. The third kappa shape index (κ3) is 2.34. The Morgan fingerprint density at radius 2 is 1.78 bits per heavy atom. The van der Waals surface area contributed by atoms with Crippen LogP contribution in [0.3, 0.4) is 0 Å². The number of nitrogens with zero attached hydrogens (tertiary/aromatic N) is 1. The molecule has 3 atom stereocenters. The third-order valence-electron chi connectivity index (χ3n) is 7.13. The van der Waals surface area contributed by atoms with Crippen molar-refractivity contribution >= 4 is 45.1 Å². The molecule has 1 aromatic rings. The van der Waals surface area contributed by atoms with E-state index in [0.29, 0.717) is 12.3 Å². The maximum Gasteiger partial charge on any atom is 0.336 e. The summed E-state index contributed by atoms with van der Waals surface area (Å²) in [6, 6.07) is 1.79. The maximum absolute atomic E-state index is 13.3. The monoisotopic (exact) mass is 431 g/mol. The fourth-order valence-corrected chi connectivity index (χ4v) is 8.43. The lowest BCUT2D eigenvalue weighted by molar-refractivity contribution is 0.0658. The summed E-state index contributed by atoms with van der Waals surface area (Å²) >= 11 is 11.9. The van der Waals surface area contributed by atoms with Crippen molar-refractivity contribution in [3.05, 3.63) is 33.3 Å². The van der Waals surface area contributed by atoms with Crippen molar-refractivity contribution in [2.24, 2.45) is 16.7 Å². The molecule has 9 heteroatoms. The average molecular weight is 432 g/mol. The highest BCUT2D eigenvalue weighted by atomic mass is 35.5. The number of rotatable bonds is 2. The molecular formula is C18H19Cl2NO5S. The number of aromatic carboxylic acids is 1. The zero-order valence-electron chi connectivity index (χ0n) is 14.8. The topological polar surface area (TPSA) is 91.8 Å². The van der Waals surface area contributed by atoms with E-state index in [-0.39, 0.29) is 32.3 Å². The van der Waals surface area contributed by atoms with Gasteiger partial charge in [0, 0.05) is 5.41 Å². The van der Waals surface area contributed by atoms with Crippen LogP contribution in [0, 0.1) is 16.7 Å². The van der Waals surface area contributed by atoms with Crippen LogP contribution in [0.4, 0.5) is 0 Å². The van der Waals surface area contributed by atoms with E-state index in [4.69, 9.17) is 23.2 Å². The van der Waals surface area contributed by atoms with Gasteiger partial charge in [-0.2, -0.15) is 0 Å². The van der Waals surface area contributed by atoms with Gasteiger partial charge >= 0.3 is 5.97 Å². The predicted molar refractivity (Wildman–Crippen MR) is 101 cm³/mol. The van der Waals surface area contributed by atoms with E-state index in [0.717, 1.165) is 29.3 Å². The first-order chi connectivity index (χ1) is 12.4. The van der Waals surface area contributed by atoms with Gasteiger partial charge in [0.2, 0.25) is 10.0 Å². The molecule has 0 aromatic heterocycles. The van der Waals surface area contributed by atoms with Gasteiger partial charge in [-0.1, -0.05) is 37.0 Å². The van der Waals surface area contributed by atoms with Crippen molar-refractivity contribution in [1.82, 2.24) is 4.31 Å². The summed E-state index contributed by atoms with van der Waals surface area (Å²) in [6.45, 7) is 4.16. The first-order valence-corrected chi connectivity index (χ1v) is 11.1. The Balaban J connectivity index is 1.84. The van der Waals surface area contributed by atoms with Crippen molar-refractivity contribution in [2.45, 2.75) is 39.2 Å². The van der Waals surface area contributed by atoms with E-state index in [1.165, 1.54) is 0 Å². The quantitative estimate of drug-likeness (QED) is 0.770. The number of halogens is 2. The molecule has 4 rings (SSSR count). The molecule has 2 bridgehead atoms. The molecule has 1 N–H and O–H groups in total. The van der Waals surface area contributed by atoms with Crippen LogP contribution in [0.25, 0.3) is 0 Å². The van der Waals surface area contributed by atoms with Gasteiger partial charge in [0.05, 0.1) is 33.0 Å². The first kappa shape index (κ1) is 19.0. The second-order valence-corrected chi connectivity index (χ2v) is 11.0. The zero-order valence-corrected chi connectivity index (χ0v) is 17.2. The van der Waals surface area contributed by atoms with Crippen LogP contribution in [-0.2, 0) is 10.0 Å². The second-order valence-electron chi connectivity index (χ2n) is 8.34. The minimum Gasteiger partial charge on any atom is -0.478 e. The standard InChI is InChI=1S/C18H19Cl2NO5S/c1-17(2)9-3-4-18(17)8-27(25,26)21(14(18)5-9)15(22)10-6-12(19)13(20)7-11(10)16(23)24/h6-7,9,14H,3-5,8H2,1-2H3,(H,23,24)/t9-,14-,18-/m0/s1. The SMILES string of the molecule is CC1(C)[C@H]2CC[C@@]13CS(=O)(=O)N(C(=O)c1cc(Cl)c(Cl)cc1C(=O)O)[C@H]3C2. The molecule has 2 saturated carbocycles. The normalized spacial score (nSPS) is 32.5. The zero-order chi connectivity index (χ0) is 19.9. The molecule has 1 spiro atoms. The van der Waals surface area contributed by atoms with Crippen LogP contribution in [0.5, 0.6) is 0 Å². The minimum atomic E-state index is -3.86. The highest BCUT2D eigenvalue weighted by Crippen LogP contribution is 2.70. The van der Waals surface area contributed by atoms with Gasteiger partial charge in [0.15, 0.2) is 0 Å². The Bertz CT molecular complexity index is 990. The molecule has 1 amide bonds. The lowest BCUT2D eigenvalue weighted by Crippen LogP contribution is -2.44. The summed E-state index contributed by atoms with van der Waals surface area (Å²) in [5, 5.41) is 9.45. The van der Waals surface area contributed by atoms with Crippen molar-refractivity contribution in [1.29, 1.82) is 0 Å². The molecule has 1 heterocycles. The minimum absolute atomic E-state index is 0.00426. The number of benzene rings is 1. The number of carbonyl (C=O) groups excluding carboxylic acids is 1. The largest absolute Gasteiger partial charge is 0.478 e. The van der Waals surface area contributed by atoms with Crippen LogP contribution < -0.4 is 0 Å². The first-order valence-electron chi connectivity index (χ1n) is 8.71. The molecule has 1 saturated heterocycles. The fraction of sp³-hybridized carbons (Fsp3) is 0.556. The van der Waals surface area contributed by atoms with Gasteiger partial charge < -0.3 is 5.11 Å². The smallest absolute Gasteiger partial charge is 0.336 e. The summed E-state index contributed by atoms with van der Waals surface area (Å²) < 4.78 is 26.9. The Kier molecular flexibility index (Phi) is 3.95. The van der Waals surface area contributed by atoms with Crippen molar-refractivity contribution < 1.29 is 23.1 Å². The van der Waals surface area contributed by atoms with Crippen LogP contribution in [0.2, 0.25) is 10.0 Å². The molecule has 6 nitrogen and oxygen atoms in total. The van der Waals surface area contributed by atoms with E-state index in [9.17, 15) is 23.1 Å². The summed E-state index contributed by atoms with van der Waals surface area (Å²) in [5.74, 6) is -1.93. The third-order valence-corrected chi connectivity index (χ3v) is 9.75. The second kappa shape index (κ2) is 5.61. The Hall–Kier alpha value is -1.31. The highest BCUT2D eigenvalue weighted by Gasteiger charge is 2.72. The van der Waals surface area contributed by atoms with Gasteiger partial charge in [0.1, 0.15) is 0 Å². The van der Waals surface area contributed by atoms with Crippen molar-refractivity contribution in [3.8, 4) is 0 Å². The Morgan fingerprint density at radius 1 is 1.19 bits per heavy atom. The van der Waals surface area contributed by atoms with Crippen molar-refractivity contribution in [2.75, 3.05) is 5.75 Å². The van der Waals surface area contributed by atoms with Gasteiger partial charge in [-0.05, 0) is 42.7 Å². The predicted octanol–water partition coefficient (Wildman–Crippen LogP) is 3.67. The number of carboxylic acids is 1. The van der Waals surface area contributed by atoms with Crippen LogP contribution in [0.1, 0.15) is 53.8 Å². The van der Waals surface area contributed by atoms with E-state index in [1.807, 2.05) is 0 Å². The fourth-order valence-electron chi connectivity index (χ4n) is 5.58. The average Bonchev–Trinajstić information content (AvgIpc) is 3.03. The molecule has 3 fully saturated rings. The van der Waals surface area contributed by atoms with Gasteiger partial charge in [-0.15, -0.1) is 0 Å². The van der Waals surface area contributed by atoms with Crippen LogP contribution in [0.15, 0.2) is 12.1 Å². The number of amides is 1. The van der Waals surface area contributed by atoms with Gasteiger partial charge in [-0.25, -0.2) is 17.5 Å². The number of carboxylic acid groups (broad SMARTS) is 1. The van der Waals surface area contributed by atoms with E-state index in [2.05, 4.69) is 13.8 Å². The molecule has 0 radical (unpaired) electrons. The van der Waals surface area contributed by atoms with Crippen LogP contribution >= 0.6 is 23.2 Å². The van der Waals surface area contributed by atoms with E-state index in [1.54, 1.807) is 0 Å². The molecular weight excluding hydrogens is 413 g/mol. The molecule has 0 unspecified atom stereocenters. The van der Waals surface area contributed by atoms with Crippen LogP contribution in [-0.4, -0.2) is 41.5 Å². The van der Waals surface area contributed by atoms with E-state index >= 15 is 0 Å². The number of carbonyl (C=O) groups is 2. The summed E-state index contributed by atoms with van der Waals surface area (Å²) in [4.78, 5) is 24.9. The summed E-state index contributed by atoms with van der Waals surface area (Å²) in [7, 11) is -3.86. The number of hydrogen-bond donors (Lipinski definition) is 1. The highest BCUT2D eigenvalue weighted by molar-refractivity contribution is 7.90. The van der Waals surface area contributed by atoms with E-state index < -0.39 is 33.4 Å². The van der Waals surface area contributed by atoms with Gasteiger partial charge in [-0.3, -0.25) is 4.79 Å². The molecule has 27 heavy (non-hydrogen) atoms. The summed E-state index contributed by atoms with van der Waals surface area (Å²) in [5.41, 5.74) is -1.27. The Morgan fingerprint density at radius 3 is 2.33 bits per heavy atom. The molecule has 146 valence electrons. The lowest BCUT2D eigenvalue weighted by Gasteiger charge is -2.37. The molecule has 3 aliphatic rings. The maximum atomic E-state index is 13.3. The Labute approximate surface area is 167 Å². The number of sulfonamides is 1. The number of hydrogen-bond acceptors (Lipinski definition) is 4. The summed E-state index contributed by atoms with van der Waals surface area (Å²) in [6.07, 6.45) is 2.32. The number of fused-ring (bicyclic) bond motifs is 1. The lowest BCUT2D eigenvalue weighted by atomic mass is 9.69. The van der Waals surface area contributed by atoms with Crippen molar-refractivity contribution in [3.63, 3.8) is 0 Å².